The molecule has 1 aromatic heterocycles. The minimum Gasteiger partial charge on any atom is -0.497 e. The molecule has 21 heavy (non-hydrogen) atoms. The van der Waals surface area contributed by atoms with Crippen LogP contribution in [0.2, 0.25) is 0 Å². The first-order valence-corrected chi connectivity index (χ1v) is 8.02. The number of nitrogens with one attached hydrogen (secondary N) is 1. The smallest absolute Gasteiger partial charge is 0.119 e. The predicted octanol–water partition coefficient (Wildman–Crippen LogP) is 4.65. The third-order valence-electron chi connectivity index (χ3n) is 4.02. The van der Waals surface area contributed by atoms with Gasteiger partial charge in [0.2, 0.25) is 0 Å². The highest BCUT2D eigenvalue weighted by molar-refractivity contribution is 9.10. The summed E-state index contributed by atoms with van der Waals surface area (Å²) < 4.78 is 6.27. The van der Waals surface area contributed by atoms with Gasteiger partial charge >= 0.3 is 0 Å². The van der Waals surface area contributed by atoms with Crippen LogP contribution < -0.4 is 10.1 Å². The number of aromatic nitrogens is 1. The number of pyridine rings is 1. The van der Waals surface area contributed by atoms with Crippen molar-refractivity contribution >= 4 is 21.6 Å². The number of hydrogen-bond acceptors (Lipinski definition) is 3. The molecule has 3 rings (SSSR count). The fourth-order valence-electron chi connectivity index (χ4n) is 2.89. The molecule has 1 aromatic carbocycles. The van der Waals surface area contributed by atoms with Gasteiger partial charge in [0.1, 0.15) is 10.4 Å². The molecule has 2 aromatic rings. The molecule has 0 saturated carbocycles. The summed E-state index contributed by atoms with van der Waals surface area (Å²) in [4.78, 5) is 4.36. The Balaban J connectivity index is 1.88. The summed E-state index contributed by atoms with van der Waals surface area (Å²) in [6, 6.07) is 8.85. The Morgan fingerprint density at radius 3 is 2.95 bits per heavy atom. The van der Waals surface area contributed by atoms with E-state index < -0.39 is 0 Å². The molecule has 0 amide bonds. The van der Waals surface area contributed by atoms with Crippen LogP contribution in [0.5, 0.6) is 5.75 Å². The highest BCUT2D eigenvalue weighted by Gasteiger charge is 2.21. The van der Waals surface area contributed by atoms with E-state index in [0.717, 1.165) is 34.4 Å². The van der Waals surface area contributed by atoms with E-state index in [1.165, 1.54) is 17.5 Å². The van der Waals surface area contributed by atoms with E-state index in [0.29, 0.717) is 6.04 Å². The third kappa shape index (κ3) is 3.05. The molecule has 0 saturated heterocycles. The van der Waals surface area contributed by atoms with E-state index in [1.54, 1.807) is 7.11 Å². The highest BCUT2D eigenvalue weighted by atomic mass is 79.9. The van der Waals surface area contributed by atoms with Crippen LogP contribution >= 0.6 is 15.9 Å². The molecule has 1 aliphatic rings. The monoisotopic (exact) mass is 346 g/mol. The van der Waals surface area contributed by atoms with E-state index in [-0.39, 0.29) is 0 Å². The largest absolute Gasteiger partial charge is 0.497 e. The number of fused-ring (bicyclic) bond motifs is 1. The number of benzene rings is 1. The number of anilines is 1. The van der Waals surface area contributed by atoms with Crippen LogP contribution in [0.1, 0.15) is 35.6 Å². The second-order valence-corrected chi connectivity index (χ2v) is 6.24. The van der Waals surface area contributed by atoms with Crippen LogP contribution in [0.3, 0.4) is 0 Å². The summed E-state index contributed by atoms with van der Waals surface area (Å²) in [7, 11) is 1.72. The Kier molecular flexibility index (Phi) is 4.15. The molecule has 0 spiro atoms. The highest BCUT2D eigenvalue weighted by Crippen LogP contribution is 2.35. The van der Waals surface area contributed by atoms with Crippen molar-refractivity contribution in [1.82, 2.24) is 4.98 Å². The minimum atomic E-state index is 0.325. The molecule has 0 radical (unpaired) electrons. The van der Waals surface area contributed by atoms with E-state index in [4.69, 9.17) is 4.74 Å². The van der Waals surface area contributed by atoms with Gasteiger partial charge in [0.15, 0.2) is 0 Å². The molecule has 0 aliphatic heterocycles. The second kappa shape index (κ2) is 6.06. The van der Waals surface area contributed by atoms with Gasteiger partial charge in [-0.15, -0.1) is 0 Å². The number of nitrogens with zero attached hydrogens (tertiary/aromatic N) is 1. The predicted molar refractivity (Wildman–Crippen MR) is 89.0 cm³/mol. The normalized spacial score (nSPS) is 17.2. The van der Waals surface area contributed by atoms with Gasteiger partial charge in [-0.3, -0.25) is 0 Å². The molecule has 0 fully saturated rings. The average molecular weight is 347 g/mol. The number of aryl methyl sites for hydroxylation is 2. The maximum absolute atomic E-state index is 5.37. The van der Waals surface area contributed by atoms with Gasteiger partial charge in [-0.2, -0.15) is 0 Å². The number of rotatable bonds is 3. The summed E-state index contributed by atoms with van der Waals surface area (Å²) in [5, 5.41) is 3.62. The van der Waals surface area contributed by atoms with E-state index in [2.05, 4.69) is 51.4 Å². The lowest BCUT2D eigenvalue weighted by molar-refractivity contribution is 0.413. The van der Waals surface area contributed by atoms with Crippen molar-refractivity contribution in [1.29, 1.82) is 0 Å². The zero-order valence-corrected chi connectivity index (χ0v) is 13.9. The molecule has 1 aliphatic carbocycles. The third-order valence-corrected chi connectivity index (χ3v) is 4.85. The Hall–Kier alpha value is -1.55. The second-order valence-electron chi connectivity index (χ2n) is 5.49. The first kappa shape index (κ1) is 14.4. The average Bonchev–Trinajstić information content (AvgIpc) is 2.51. The molecular formula is C17H19BrN2O. The molecule has 0 bridgehead atoms. The Labute approximate surface area is 133 Å². The van der Waals surface area contributed by atoms with Crippen molar-refractivity contribution in [2.45, 2.75) is 32.2 Å². The summed E-state index contributed by atoms with van der Waals surface area (Å²) in [6.07, 6.45) is 5.37. The molecule has 110 valence electrons. The lowest BCUT2D eigenvalue weighted by atomic mass is 9.87. The number of ether oxygens (including phenoxy) is 1. The fourth-order valence-corrected chi connectivity index (χ4v) is 3.11. The number of hydrogen-bond donors (Lipinski definition) is 1. The van der Waals surface area contributed by atoms with Crippen molar-refractivity contribution in [2.24, 2.45) is 0 Å². The number of halogens is 1. The van der Waals surface area contributed by atoms with Gasteiger partial charge in [0.25, 0.3) is 0 Å². The van der Waals surface area contributed by atoms with Gasteiger partial charge in [-0.05, 0) is 77.0 Å². The molecule has 4 heteroatoms. The van der Waals surface area contributed by atoms with Crippen molar-refractivity contribution in [3.63, 3.8) is 0 Å². The lowest BCUT2D eigenvalue weighted by Gasteiger charge is -2.27. The standard InChI is InChI=1S/C17H19BrN2O/c1-11-8-13(10-19-17(11)18)20-16-5-3-4-12-6-7-14(21-2)9-15(12)16/h6-10,16,20H,3-5H2,1-2H3. The SMILES string of the molecule is COc1ccc2c(c1)C(Nc1cnc(Br)c(C)c1)CCC2. The summed E-state index contributed by atoms with van der Waals surface area (Å²) in [5.41, 5.74) is 4.97. The van der Waals surface area contributed by atoms with Crippen LogP contribution in [0.25, 0.3) is 0 Å². The zero-order valence-electron chi connectivity index (χ0n) is 12.3. The van der Waals surface area contributed by atoms with Crippen molar-refractivity contribution in [3.05, 3.63) is 51.8 Å². The molecule has 1 unspecified atom stereocenters. The maximum atomic E-state index is 5.37. The molecule has 1 N–H and O–H groups in total. The van der Waals surface area contributed by atoms with Crippen molar-refractivity contribution < 1.29 is 4.74 Å². The quantitative estimate of drug-likeness (QED) is 0.821. The Morgan fingerprint density at radius 2 is 2.19 bits per heavy atom. The van der Waals surface area contributed by atoms with Crippen LogP contribution in [-0.4, -0.2) is 12.1 Å². The van der Waals surface area contributed by atoms with E-state index in [9.17, 15) is 0 Å². The fraction of sp³-hybridized carbons (Fsp3) is 0.353. The first-order chi connectivity index (χ1) is 10.2. The molecule has 1 heterocycles. The van der Waals surface area contributed by atoms with Gasteiger partial charge < -0.3 is 10.1 Å². The van der Waals surface area contributed by atoms with E-state index in [1.807, 2.05) is 12.3 Å². The van der Waals surface area contributed by atoms with Crippen LogP contribution in [0, 0.1) is 6.92 Å². The zero-order chi connectivity index (χ0) is 14.8. The van der Waals surface area contributed by atoms with Gasteiger partial charge in [-0.1, -0.05) is 6.07 Å². The molecular weight excluding hydrogens is 328 g/mol. The van der Waals surface area contributed by atoms with Crippen LogP contribution in [0.4, 0.5) is 5.69 Å². The van der Waals surface area contributed by atoms with Gasteiger partial charge in [-0.25, -0.2) is 4.98 Å². The van der Waals surface area contributed by atoms with Crippen molar-refractivity contribution in [2.75, 3.05) is 12.4 Å². The summed E-state index contributed by atoms with van der Waals surface area (Å²) >= 11 is 3.44. The maximum Gasteiger partial charge on any atom is 0.119 e. The van der Waals surface area contributed by atoms with Gasteiger partial charge in [0.05, 0.1) is 25.0 Å². The topological polar surface area (TPSA) is 34.1 Å². The van der Waals surface area contributed by atoms with Crippen molar-refractivity contribution in [3.8, 4) is 5.75 Å². The van der Waals surface area contributed by atoms with Crippen LogP contribution in [0.15, 0.2) is 35.1 Å². The Bertz CT molecular complexity index is 657. The summed E-state index contributed by atoms with van der Waals surface area (Å²) in [6.45, 7) is 2.06. The number of methoxy groups -OCH3 is 1. The van der Waals surface area contributed by atoms with Crippen LogP contribution in [-0.2, 0) is 6.42 Å². The first-order valence-electron chi connectivity index (χ1n) is 7.23. The van der Waals surface area contributed by atoms with E-state index >= 15 is 0 Å². The minimum absolute atomic E-state index is 0.325. The summed E-state index contributed by atoms with van der Waals surface area (Å²) in [5.74, 6) is 0.924. The molecule has 1 atom stereocenters. The lowest BCUT2D eigenvalue weighted by Crippen LogP contribution is -2.17. The Morgan fingerprint density at radius 1 is 1.33 bits per heavy atom. The molecule has 3 nitrogen and oxygen atoms in total. The van der Waals surface area contributed by atoms with Gasteiger partial charge in [0, 0.05) is 0 Å².